The molecule has 0 atom stereocenters. The molecule has 160 valence electrons. The molecular weight excluding hydrogens is 392 g/mol. The molecule has 0 radical (unpaired) electrons. The van der Waals surface area contributed by atoms with E-state index in [0.717, 1.165) is 31.7 Å². The number of nitro groups is 1. The number of nitrogens with zero attached hydrogens (tertiary/aromatic N) is 5. The number of aryl methyl sites for hydroxylation is 1. The summed E-state index contributed by atoms with van der Waals surface area (Å²) in [5.41, 5.74) is 3.15. The van der Waals surface area contributed by atoms with Gasteiger partial charge >= 0.3 is 5.69 Å². The fraction of sp³-hybridized carbons (Fsp3) is 0.304. The average molecular weight is 419 g/mol. The van der Waals surface area contributed by atoms with Crippen molar-refractivity contribution in [3.05, 3.63) is 82.2 Å². The Balaban J connectivity index is 1.49. The lowest BCUT2D eigenvalue weighted by molar-refractivity contribution is -0.383. The molecule has 0 aliphatic carbocycles. The maximum atomic E-state index is 11.9. The molecule has 4 rings (SSSR count). The molecule has 1 aliphatic heterocycles. The number of hydrogen-bond donors (Lipinski definition) is 1. The summed E-state index contributed by atoms with van der Waals surface area (Å²) in [4.78, 5) is 24.3. The molecular formula is C23H26N6O2. The third-order valence-corrected chi connectivity index (χ3v) is 5.53. The first-order chi connectivity index (χ1) is 15.1. The number of piperazine rings is 1. The van der Waals surface area contributed by atoms with Gasteiger partial charge in [-0.3, -0.25) is 15.0 Å². The molecule has 1 aliphatic rings. The first-order valence-electron chi connectivity index (χ1n) is 10.5. The molecule has 1 fully saturated rings. The summed E-state index contributed by atoms with van der Waals surface area (Å²) >= 11 is 0. The monoisotopic (exact) mass is 418 g/mol. The summed E-state index contributed by atoms with van der Waals surface area (Å²) < 4.78 is 0. The third-order valence-electron chi connectivity index (χ3n) is 5.53. The van der Waals surface area contributed by atoms with Gasteiger partial charge in [-0.05, 0) is 29.7 Å². The minimum absolute atomic E-state index is 0.0847. The summed E-state index contributed by atoms with van der Waals surface area (Å²) in [5.74, 6) is 0.581. The Morgan fingerprint density at radius 2 is 1.68 bits per heavy atom. The van der Waals surface area contributed by atoms with Crippen LogP contribution >= 0.6 is 0 Å². The van der Waals surface area contributed by atoms with E-state index in [9.17, 15) is 10.1 Å². The molecule has 0 bridgehead atoms. The van der Waals surface area contributed by atoms with Crippen LogP contribution in [0.5, 0.6) is 0 Å². The zero-order chi connectivity index (χ0) is 21.6. The van der Waals surface area contributed by atoms with E-state index in [1.165, 1.54) is 17.5 Å². The Morgan fingerprint density at radius 1 is 0.968 bits per heavy atom. The number of anilines is 3. The highest BCUT2D eigenvalue weighted by atomic mass is 16.6. The van der Waals surface area contributed by atoms with Gasteiger partial charge in [0, 0.05) is 38.4 Å². The Bertz CT molecular complexity index is 1020. The van der Waals surface area contributed by atoms with E-state index in [4.69, 9.17) is 0 Å². The van der Waals surface area contributed by atoms with Crippen molar-refractivity contribution in [1.82, 2.24) is 14.9 Å². The summed E-state index contributed by atoms with van der Waals surface area (Å²) in [6.45, 7) is 5.95. The SMILES string of the molecule is CCc1ccc(Nc2ncnc(N3CCN(Cc4ccccc4)CC3)c2[N+](=O)[O-])cc1. The van der Waals surface area contributed by atoms with E-state index in [2.05, 4.69) is 39.2 Å². The van der Waals surface area contributed by atoms with E-state index in [1.54, 1.807) is 0 Å². The molecule has 0 saturated carbocycles. The zero-order valence-electron chi connectivity index (χ0n) is 17.6. The second kappa shape index (κ2) is 9.53. The van der Waals surface area contributed by atoms with Gasteiger partial charge in [0.15, 0.2) is 0 Å². The smallest absolute Gasteiger partial charge is 0.348 e. The molecule has 1 N–H and O–H groups in total. The maximum Gasteiger partial charge on any atom is 0.353 e. The van der Waals surface area contributed by atoms with Gasteiger partial charge in [-0.1, -0.05) is 49.4 Å². The predicted octanol–water partition coefficient (Wildman–Crippen LogP) is 4.01. The Kier molecular flexibility index (Phi) is 6.37. The maximum absolute atomic E-state index is 11.9. The number of hydrogen-bond acceptors (Lipinski definition) is 7. The average Bonchev–Trinajstić information content (AvgIpc) is 2.80. The van der Waals surface area contributed by atoms with Crippen molar-refractivity contribution in [3.63, 3.8) is 0 Å². The van der Waals surface area contributed by atoms with Crippen molar-refractivity contribution < 1.29 is 4.92 Å². The first-order valence-corrected chi connectivity index (χ1v) is 10.5. The van der Waals surface area contributed by atoms with Crippen LogP contribution in [0.4, 0.5) is 23.0 Å². The van der Waals surface area contributed by atoms with Crippen LogP contribution in [-0.2, 0) is 13.0 Å². The van der Waals surface area contributed by atoms with Crippen LogP contribution in [-0.4, -0.2) is 46.0 Å². The lowest BCUT2D eigenvalue weighted by atomic mass is 10.1. The topological polar surface area (TPSA) is 87.4 Å². The van der Waals surface area contributed by atoms with Gasteiger partial charge in [-0.2, -0.15) is 0 Å². The summed E-state index contributed by atoms with van der Waals surface area (Å²) in [6, 6.07) is 18.2. The van der Waals surface area contributed by atoms with E-state index < -0.39 is 4.92 Å². The van der Waals surface area contributed by atoms with E-state index >= 15 is 0 Å². The van der Waals surface area contributed by atoms with E-state index in [0.29, 0.717) is 18.9 Å². The molecule has 1 saturated heterocycles. The van der Waals surface area contributed by atoms with E-state index in [1.807, 2.05) is 47.4 Å². The summed E-state index contributed by atoms with van der Waals surface area (Å²) in [7, 11) is 0. The lowest BCUT2D eigenvalue weighted by Gasteiger charge is -2.35. The van der Waals surface area contributed by atoms with Crippen LogP contribution in [0, 0.1) is 10.1 Å². The van der Waals surface area contributed by atoms with Crippen LogP contribution in [0.15, 0.2) is 60.9 Å². The largest absolute Gasteiger partial charge is 0.353 e. The number of nitrogens with one attached hydrogen (secondary N) is 1. The van der Waals surface area contributed by atoms with Crippen LogP contribution in [0.25, 0.3) is 0 Å². The highest BCUT2D eigenvalue weighted by Crippen LogP contribution is 2.34. The van der Waals surface area contributed by atoms with Gasteiger partial charge in [-0.25, -0.2) is 9.97 Å². The van der Waals surface area contributed by atoms with Crippen molar-refractivity contribution >= 4 is 23.0 Å². The highest BCUT2D eigenvalue weighted by Gasteiger charge is 2.29. The molecule has 2 heterocycles. The van der Waals surface area contributed by atoms with Crippen molar-refractivity contribution in [2.75, 3.05) is 36.4 Å². The summed E-state index contributed by atoms with van der Waals surface area (Å²) in [5, 5.41) is 15.0. The lowest BCUT2D eigenvalue weighted by Crippen LogP contribution is -2.46. The van der Waals surface area contributed by atoms with Gasteiger partial charge in [0.25, 0.3) is 0 Å². The van der Waals surface area contributed by atoms with Crippen LogP contribution < -0.4 is 10.2 Å². The standard InChI is InChI=1S/C23H26N6O2/c1-2-18-8-10-20(11-9-18)26-22-21(29(30)31)23(25-17-24-22)28-14-12-27(13-15-28)16-19-6-4-3-5-7-19/h3-11,17H,2,12-16H2,1H3,(H,24,25,26). The fourth-order valence-electron chi connectivity index (χ4n) is 3.78. The second-order valence-electron chi connectivity index (χ2n) is 7.58. The Labute approximate surface area is 181 Å². The molecule has 1 aromatic heterocycles. The van der Waals surface area contributed by atoms with Gasteiger partial charge in [0.2, 0.25) is 11.6 Å². The molecule has 8 nitrogen and oxygen atoms in total. The van der Waals surface area contributed by atoms with Gasteiger partial charge < -0.3 is 10.2 Å². The van der Waals surface area contributed by atoms with Gasteiger partial charge in [0.05, 0.1) is 4.92 Å². The molecule has 31 heavy (non-hydrogen) atoms. The second-order valence-corrected chi connectivity index (χ2v) is 7.58. The number of benzene rings is 2. The minimum atomic E-state index is -0.394. The fourth-order valence-corrected chi connectivity index (χ4v) is 3.78. The van der Waals surface area contributed by atoms with Crippen molar-refractivity contribution in [1.29, 1.82) is 0 Å². The normalized spacial score (nSPS) is 14.4. The summed E-state index contributed by atoms with van der Waals surface area (Å²) in [6.07, 6.45) is 2.33. The predicted molar refractivity (Wildman–Crippen MR) is 122 cm³/mol. The third kappa shape index (κ3) is 4.97. The van der Waals surface area contributed by atoms with Crippen LogP contribution in [0.1, 0.15) is 18.1 Å². The van der Waals surface area contributed by atoms with Crippen LogP contribution in [0.3, 0.4) is 0 Å². The highest BCUT2D eigenvalue weighted by molar-refractivity contribution is 5.74. The molecule has 8 heteroatoms. The van der Waals surface area contributed by atoms with Gasteiger partial charge in [0.1, 0.15) is 6.33 Å². The van der Waals surface area contributed by atoms with Crippen molar-refractivity contribution in [2.45, 2.75) is 19.9 Å². The Morgan fingerprint density at radius 3 is 2.32 bits per heavy atom. The van der Waals surface area contributed by atoms with Crippen LogP contribution in [0.2, 0.25) is 0 Å². The van der Waals surface area contributed by atoms with E-state index in [-0.39, 0.29) is 11.5 Å². The van der Waals surface area contributed by atoms with Crippen molar-refractivity contribution in [3.8, 4) is 0 Å². The zero-order valence-corrected chi connectivity index (χ0v) is 17.6. The molecule has 3 aromatic rings. The van der Waals surface area contributed by atoms with Crippen molar-refractivity contribution in [2.24, 2.45) is 0 Å². The quantitative estimate of drug-likeness (QED) is 0.458. The number of aromatic nitrogens is 2. The molecule has 0 amide bonds. The Hall–Kier alpha value is -3.52. The number of rotatable bonds is 7. The first kappa shape index (κ1) is 20.7. The molecule has 0 spiro atoms. The molecule has 0 unspecified atom stereocenters. The van der Waals surface area contributed by atoms with Gasteiger partial charge in [-0.15, -0.1) is 0 Å². The molecule has 2 aromatic carbocycles. The minimum Gasteiger partial charge on any atom is -0.348 e.